The molecule has 6 saturated carbocycles. The Labute approximate surface area is 279 Å². The molecule has 9 fully saturated rings. The fourth-order valence-electron chi connectivity index (χ4n) is 11.7. The van der Waals surface area contributed by atoms with Crippen LogP contribution in [-0.2, 0) is 43.0 Å². The first-order valence-corrected chi connectivity index (χ1v) is 17.5. The molecule has 3 aliphatic heterocycles. The summed E-state index contributed by atoms with van der Waals surface area (Å²) in [7, 11) is 0. The van der Waals surface area contributed by atoms with Gasteiger partial charge in [0.05, 0.1) is 35.5 Å². The first-order valence-electron chi connectivity index (χ1n) is 17.5. The first-order chi connectivity index (χ1) is 22.7. The number of rotatable bonds is 2. The predicted octanol–water partition coefficient (Wildman–Crippen LogP) is 3.02. The second-order valence-corrected chi connectivity index (χ2v) is 15.6. The molecule has 0 radical (unpaired) electrons. The van der Waals surface area contributed by atoms with Crippen molar-refractivity contribution in [3.8, 4) is 0 Å². The summed E-state index contributed by atoms with van der Waals surface area (Å²) in [5, 5.41) is 18.2. The van der Waals surface area contributed by atoms with E-state index < -0.39 is 0 Å². The van der Waals surface area contributed by atoms with Gasteiger partial charge < -0.3 is 24.4 Å². The van der Waals surface area contributed by atoms with Gasteiger partial charge in [0, 0.05) is 13.2 Å². The van der Waals surface area contributed by atoms with Crippen molar-refractivity contribution in [1.29, 1.82) is 0 Å². The molecule has 8 aliphatic carbocycles. The van der Waals surface area contributed by atoms with Crippen LogP contribution < -0.4 is 0 Å². The van der Waals surface area contributed by atoms with Gasteiger partial charge in [-0.3, -0.25) is 28.8 Å². The van der Waals surface area contributed by atoms with Gasteiger partial charge in [0.1, 0.15) is 0 Å². The maximum Gasteiger partial charge on any atom is 0.318 e. The molecule has 0 aromatic heterocycles. The largest absolute Gasteiger partial charge is 0.396 e. The molecule has 0 unspecified atom stereocenters. The summed E-state index contributed by atoms with van der Waals surface area (Å²) in [5.41, 5.74) is 0. The van der Waals surface area contributed by atoms with Crippen LogP contribution in [0.5, 0.6) is 0 Å². The Bertz CT molecular complexity index is 1290. The Balaban J connectivity index is 0.000000101. The predicted molar refractivity (Wildman–Crippen MR) is 165 cm³/mol. The van der Waals surface area contributed by atoms with E-state index in [1.165, 1.54) is 19.3 Å². The summed E-state index contributed by atoms with van der Waals surface area (Å²) in [6.07, 6.45) is 17.3. The van der Waals surface area contributed by atoms with Crippen molar-refractivity contribution in [2.24, 2.45) is 94.7 Å². The Kier molecular flexibility index (Phi) is 8.75. The third-order valence-corrected chi connectivity index (χ3v) is 13.8. The first kappa shape index (κ1) is 33.3. The molecule has 48 heavy (non-hydrogen) atoms. The second-order valence-electron chi connectivity index (χ2n) is 15.6. The average Bonchev–Trinajstić information content (AvgIpc) is 3.91. The van der Waals surface area contributed by atoms with Crippen molar-refractivity contribution in [2.45, 2.75) is 58.8 Å². The Morgan fingerprint density at radius 2 is 0.708 bits per heavy atom. The number of ether oxygens (including phenoxy) is 3. The second kappa shape index (κ2) is 12.6. The van der Waals surface area contributed by atoms with Crippen LogP contribution in [0.25, 0.3) is 0 Å². The minimum absolute atomic E-state index is 0. The maximum absolute atomic E-state index is 11.2. The van der Waals surface area contributed by atoms with E-state index in [0.29, 0.717) is 23.7 Å². The summed E-state index contributed by atoms with van der Waals surface area (Å²) < 4.78 is 13.8. The van der Waals surface area contributed by atoms with Gasteiger partial charge >= 0.3 is 35.8 Å². The molecule has 11 aliphatic rings. The lowest BCUT2D eigenvalue weighted by Gasteiger charge is -2.27. The highest BCUT2D eigenvalue weighted by Crippen LogP contribution is 2.56. The van der Waals surface area contributed by atoms with E-state index in [4.69, 9.17) is 10.2 Å². The molecular weight excluding hydrogens is 620 g/mol. The van der Waals surface area contributed by atoms with Gasteiger partial charge in [-0.25, -0.2) is 0 Å². The quantitative estimate of drug-likeness (QED) is 0.192. The molecule has 11 heteroatoms. The van der Waals surface area contributed by atoms with E-state index in [2.05, 4.69) is 14.2 Å². The number of cyclic esters (lactones) is 6. The zero-order chi connectivity index (χ0) is 32.7. The summed E-state index contributed by atoms with van der Waals surface area (Å²) in [4.78, 5) is 67.1. The number of hydrogen-bond donors (Lipinski definition) is 2. The van der Waals surface area contributed by atoms with Gasteiger partial charge in [0.15, 0.2) is 0 Å². The number of fused-ring (bicyclic) bond motifs is 17. The van der Waals surface area contributed by atoms with E-state index in [1.807, 2.05) is 24.3 Å². The number of esters is 6. The Hall–Kier alpha value is -3.18. The SMILES string of the molecule is C.O=C1OC(=O)[C@H]2[C@@H]1[C@@H]1C=C[C@H]2C1.O=C1OC(=O)[C@H]2[C@@H]1[C@H]1C=C[C@@H]2C1.O=C1OC(=O)[C@H]2[C@@H]3CC[C@@H](C3)[C@@H]12.OC[C@@H]1[C@H]2CC[C@H](C2)[C@@H]1CO. The maximum atomic E-state index is 11.2. The van der Waals surface area contributed by atoms with E-state index >= 15 is 0 Å². The van der Waals surface area contributed by atoms with Crippen LogP contribution >= 0.6 is 0 Å². The number of hydrogen-bond acceptors (Lipinski definition) is 11. The molecule has 11 nitrogen and oxygen atoms in total. The minimum Gasteiger partial charge on any atom is -0.396 e. The summed E-state index contributed by atoms with van der Waals surface area (Å²) in [5.74, 6) is 1.88. The van der Waals surface area contributed by atoms with E-state index in [1.54, 1.807) is 0 Å². The van der Waals surface area contributed by atoms with Crippen molar-refractivity contribution in [1.82, 2.24) is 0 Å². The van der Waals surface area contributed by atoms with Gasteiger partial charge in [-0.05, 0) is 111 Å². The molecular formula is C37H46O11. The highest BCUT2D eigenvalue weighted by molar-refractivity contribution is 5.99. The molecule has 260 valence electrons. The summed E-state index contributed by atoms with van der Waals surface area (Å²) in [6, 6.07) is 0. The molecule has 16 atom stereocenters. The number of aliphatic hydroxyl groups is 2. The normalized spacial score (nSPS) is 47.7. The number of aliphatic hydroxyl groups excluding tert-OH is 2. The van der Waals surface area contributed by atoms with Gasteiger partial charge in [0.2, 0.25) is 0 Å². The molecule has 0 spiro atoms. The minimum atomic E-state index is -0.304. The molecule has 2 N–H and O–H groups in total. The van der Waals surface area contributed by atoms with Gasteiger partial charge in [-0.15, -0.1) is 0 Å². The Morgan fingerprint density at radius 1 is 0.438 bits per heavy atom. The highest BCUT2D eigenvalue weighted by atomic mass is 16.6. The van der Waals surface area contributed by atoms with Crippen molar-refractivity contribution in [3.05, 3.63) is 24.3 Å². The number of carbonyl (C=O) groups is 6. The fraction of sp³-hybridized carbons (Fsp3) is 0.730. The van der Waals surface area contributed by atoms with Crippen molar-refractivity contribution in [3.63, 3.8) is 0 Å². The highest BCUT2D eigenvalue weighted by Gasteiger charge is 2.60. The van der Waals surface area contributed by atoms with Gasteiger partial charge in [-0.2, -0.15) is 0 Å². The lowest BCUT2D eigenvalue weighted by molar-refractivity contribution is -0.156. The van der Waals surface area contributed by atoms with Crippen molar-refractivity contribution >= 4 is 35.8 Å². The molecule has 0 aromatic carbocycles. The topological polar surface area (TPSA) is 171 Å². The van der Waals surface area contributed by atoms with Crippen LogP contribution in [0, 0.1) is 94.7 Å². The van der Waals surface area contributed by atoms with E-state index in [-0.39, 0.29) is 116 Å². The zero-order valence-electron chi connectivity index (χ0n) is 26.2. The monoisotopic (exact) mass is 666 g/mol. The molecule has 11 rings (SSSR count). The molecule has 3 heterocycles. The van der Waals surface area contributed by atoms with Gasteiger partial charge in [0.25, 0.3) is 0 Å². The van der Waals surface area contributed by atoms with E-state index in [0.717, 1.165) is 43.9 Å². The average molecular weight is 667 g/mol. The van der Waals surface area contributed by atoms with Crippen molar-refractivity contribution in [2.75, 3.05) is 13.2 Å². The van der Waals surface area contributed by atoms with Crippen LogP contribution in [0.3, 0.4) is 0 Å². The van der Waals surface area contributed by atoms with Crippen LogP contribution in [0.2, 0.25) is 0 Å². The van der Waals surface area contributed by atoms with Crippen molar-refractivity contribution < 1.29 is 53.2 Å². The molecule has 0 aromatic rings. The number of allylic oxidation sites excluding steroid dienone is 4. The third-order valence-electron chi connectivity index (χ3n) is 13.8. The fourth-order valence-corrected chi connectivity index (χ4v) is 11.7. The summed E-state index contributed by atoms with van der Waals surface area (Å²) in [6.45, 7) is 0.568. The summed E-state index contributed by atoms with van der Waals surface area (Å²) >= 11 is 0. The lowest BCUT2D eigenvalue weighted by atomic mass is 9.80. The van der Waals surface area contributed by atoms with Crippen LogP contribution in [0.15, 0.2) is 24.3 Å². The van der Waals surface area contributed by atoms with Crippen LogP contribution in [-0.4, -0.2) is 59.2 Å². The van der Waals surface area contributed by atoms with Gasteiger partial charge in [-0.1, -0.05) is 31.7 Å². The molecule has 0 amide bonds. The molecule has 8 bridgehead atoms. The zero-order valence-corrected chi connectivity index (χ0v) is 26.2. The lowest BCUT2D eigenvalue weighted by Crippen LogP contribution is -2.27. The number of carbonyl (C=O) groups excluding carboxylic acids is 6. The smallest absolute Gasteiger partial charge is 0.318 e. The van der Waals surface area contributed by atoms with Crippen LogP contribution in [0.4, 0.5) is 0 Å². The van der Waals surface area contributed by atoms with Crippen LogP contribution in [0.1, 0.15) is 58.8 Å². The third kappa shape index (κ3) is 5.13. The standard InChI is InChI=1S/C9H10O3.2C9H8O3.C9H16O2.CH4/c3*10-8-6-4-1-2-5(3-4)7(6)9(11)12-8;10-4-8-6-1-2-7(3-6)9(8)5-11;/h4-7H,1-3H2;2*1-2,4-7H,3H2;6-11H,1-5H2;1H4/t2*4-,5+,6+,7-;4-,5+,6-,7+;6-,7+,8+,9-;. The van der Waals surface area contributed by atoms with E-state index in [9.17, 15) is 28.8 Å². The Morgan fingerprint density at radius 3 is 1.02 bits per heavy atom. The molecule has 3 saturated heterocycles.